The molecular weight excluding hydrogens is 377 g/mol. The summed E-state index contributed by atoms with van der Waals surface area (Å²) in [4.78, 5) is 0.137. The minimum absolute atomic E-state index is 0.137. The molecule has 0 aromatic heterocycles. The molecule has 0 aliphatic heterocycles. The number of halogens is 1. The predicted molar refractivity (Wildman–Crippen MR) is 82.3 cm³/mol. The van der Waals surface area contributed by atoms with Crippen molar-refractivity contribution in [2.45, 2.75) is 11.5 Å². The zero-order valence-corrected chi connectivity index (χ0v) is 12.8. The highest BCUT2D eigenvalue weighted by molar-refractivity contribution is 14.1. The monoisotopic (exact) mass is 389 g/mol. The second-order valence-electron chi connectivity index (χ2n) is 3.92. The summed E-state index contributed by atoms with van der Waals surface area (Å²) in [5.74, 6) is 0. The Bertz CT molecular complexity index is 686. The summed E-state index contributed by atoms with van der Waals surface area (Å²) >= 11 is 2.12. The van der Waals surface area contributed by atoms with Crippen LogP contribution in [0.15, 0.2) is 53.4 Å². The van der Waals surface area contributed by atoms with E-state index in [-0.39, 0.29) is 11.5 Å². The van der Waals surface area contributed by atoms with Crippen LogP contribution >= 0.6 is 22.6 Å². The first kappa shape index (κ1) is 14.3. The lowest BCUT2D eigenvalue weighted by Gasteiger charge is -2.09. The Balaban J connectivity index is 2.32. The molecule has 0 radical (unpaired) electrons. The molecule has 0 saturated carbocycles. The van der Waals surface area contributed by atoms with Gasteiger partial charge in [0.15, 0.2) is 0 Å². The second kappa shape index (κ2) is 5.89. The van der Waals surface area contributed by atoms with E-state index in [1.165, 1.54) is 12.1 Å². The molecule has 0 aliphatic rings. The van der Waals surface area contributed by atoms with Gasteiger partial charge in [-0.15, -0.1) is 0 Å². The normalized spacial score (nSPS) is 11.3. The molecule has 0 amide bonds. The number of aliphatic hydroxyl groups is 1. The second-order valence-corrected chi connectivity index (χ2v) is 6.85. The standard InChI is InChI=1S/C13H12INO3S/c14-11-4-2-5-12(8-11)15-19(17,18)13-6-1-3-10(7-13)9-16/h1-8,15-16H,9H2. The van der Waals surface area contributed by atoms with Gasteiger partial charge in [-0.3, -0.25) is 4.72 Å². The molecule has 0 fully saturated rings. The van der Waals surface area contributed by atoms with Crippen LogP contribution in [-0.4, -0.2) is 13.5 Å². The molecule has 0 heterocycles. The van der Waals surface area contributed by atoms with Crippen molar-refractivity contribution in [3.8, 4) is 0 Å². The summed E-state index contributed by atoms with van der Waals surface area (Å²) in [6.45, 7) is -0.188. The highest BCUT2D eigenvalue weighted by Gasteiger charge is 2.14. The van der Waals surface area contributed by atoms with Crippen LogP contribution < -0.4 is 4.72 Å². The number of rotatable bonds is 4. The molecule has 19 heavy (non-hydrogen) atoms. The van der Waals surface area contributed by atoms with Gasteiger partial charge < -0.3 is 5.11 Å². The minimum atomic E-state index is -3.63. The first-order valence-electron chi connectivity index (χ1n) is 5.49. The number of hydrogen-bond acceptors (Lipinski definition) is 3. The van der Waals surface area contributed by atoms with E-state index >= 15 is 0 Å². The van der Waals surface area contributed by atoms with Gasteiger partial charge in [-0.2, -0.15) is 0 Å². The lowest BCUT2D eigenvalue weighted by molar-refractivity contribution is 0.281. The summed E-state index contributed by atoms with van der Waals surface area (Å²) in [5.41, 5.74) is 1.08. The summed E-state index contributed by atoms with van der Waals surface area (Å²) in [6.07, 6.45) is 0. The van der Waals surface area contributed by atoms with E-state index < -0.39 is 10.0 Å². The van der Waals surface area contributed by atoms with E-state index in [1.54, 1.807) is 30.3 Å². The Morgan fingerprint density at radius 1 is 1.11 bits per heavy atom. The number of nitrogens with one attached hydrogen (secondary N) is 1. The van der Waals surface area contributed by atoms with Crippen molar-refractivity contribution in [1.82, 2.24) is 0 Å². The van der Waals surface area contributed by atoms with Gasteiger partial charge in [0.05, 0.1) is 11.5 Å². The van der Waals surface area contributed by atoms with Gasteiger partial charge >= 0.3 is 0 Å². The SMILES string of the molecule is O=S(=O)(Nc1cccc(I)c1)c1cccc(CO)c1. The molecule has 2 N–H and O–H groups in total. The highest BCUT2D eigenvalue weighted by Crippen LogP contribution is 2.18. The fourth-order valence-electron chi connectivity index (χ4n) is 1.58. The molecule has 0 bridgehead atoms. The van der Waals surface area contributed by atoms with Crippen molar-refractivity contribution in [1.29, 1.82) is 0 Å². The lowest BCUT2D eigenvalue weighted by atomic mass is 10.2. The zero-order chi connectivity index (χ0) is 13.9. The van der Waals surface area contributed by atoms with Gasteiger partial charge in [0.25, 0.3) is 10.0 Å². The Kier molecular flexibility index (Phi) is 4.43. The van der Waals surface area contributed by atoms with Gasteiger partial charge in [0, 0.05) is 9.26 Å². The molecule has 0 unspecified atom stereocenters. The van der Waals surface area contributed by atoms with Crippen molar-refractivity contribution in [3.63, 3.8) is 0 Å². The molecule has 100 valence electrons. The van der Waals surface area contributed by atoms with E-state index in [1.807, 2.05) is 6.07 Å². The molecular formula is C13H12INO3S. The maximum atomic E-state index is 12.2. The van der Waals surface area contributed by atoms with Crippen molar-refractivity contribution in [2.75, 3.05) is 4.72 Å². The largest absolute Gasteiger partial charge is 0.392 e. The topological polar surface area (TPSA) is 66.4 Å². The summed E-state index contributed by atoms with van der Waals surface area (Å²) < 4.78 is 27.8. The first-order valence-corrected chi connectivity index (χ1v) is 8.05. The summed E-state index contributed by atoms with van der Waals surface area (Å²) in [5, 5.41) is 9.04. The van der Waals surface area contributed by atoms with Crippen LogP contribution in [-0.2, 0) is 16.6 Å². The van der Waals surface area contributed by atoms with Crippen molar-refractivity contribution in [3.05, 3.63) is 57.7 Å². The molecule has 4 nitrogen and oxygen atoms in total. The fourth-order valence-corrected chi connectivity index (χ4v) is 3.24. The highest BCUT2D eigenvalue weighted by atomic mass is 127. The third kappa shape index (κ3) is 3.68. The van der Waals surface area contributed by atoms with Crippen LogP contribution in [0.1, 0.15) is 5.56 Å². The lowest BCUT2D eigenvalue weighted by Crippen LogP contribution is -2.13. The maximum absolute atomic E-state index is 12.2. The van der Waals surface area contributed by atoms with E-state index in [9.17, 15) is 8.42 Å². The van der Waals surface area contributed by atoms with Crippen LogP contribution in [0.2, 0.25) is 0 Å². The Morgan fingerprint density at radius 2 is 1.84 bits per heavy atom. The average Bonchev–Trinajstić information content (AvgIpc) is 2.38. The molecule has 2 aromatic rings. The van der Waals surface area contributed by atoms with Gasteiger partial charge in [-0.25, -0.2) is 8.42 Å². The number of anilines is 1. The van der Waals surface area contributed by atoms with Crippen LogP contribution in [0.3, 0.4) is 0 Å². The van der Waals surface area contributed by atoms with Crippen molar-refractivity contribution < 1.29 is 13.5 Å². The maximum Gasteiger partial charge on any atom is 0.261 e. The fraction of sp³-hybridized carbons (Fsp3) is 0.0769. The molecule has 0 aliphatic carbocycles. The molecule has 2 rings (SSSR count). The molecule has 0 spiro atoms. The molecule has 0 saturated heterocycles. The van der Waals surface area contributed by atoms with Crippen LogP contribution in [0, 0.1) is 3.57 Å². The minimum Gasteiger partial charge on any atom is -0.392 e. The number of sulfonamides is 1. The smallest absolute Gasteiger partial charge is 0.261 e. The van der Waals surface area contributed by atoms with Gasteiger partial charge in [-0.1, -0.05) is 18.2 Å². The predicted octanol–water partition coefficient (Wildman–Crippen LogP) is 2.58. The van der Waals surface area contributed by atoms with Crippen LogP contribution in [0.5, 0.6) is 0 Å². The van der Waals surface area contributed by atoms with Gasteiger partial charge in [-0.05, 0) is 58.5 Å². The van der Waals surface area contributed by atoms with Gasteiger partial charge in [0.2, 0.25) is 0 Å². The van der Waals surface area contributed by atoms with Crippen molar-refractivity contribution in [2.24, 2.45) is 0 Å². The van der Waals surface area contributed by atoms with E-state index in [2.05, 4.69) is 27.3 Å². The van der Waals surface area contributed by atoms with Gasteiger partial charge in [0.1, 0.15) is 0 Å². The van der Waals surface area contributed by atoms with Crippen LogP contribution in [0.25, 0.3) is 0 Å². The summed E-state index contributed by atoms with van der Waals surface area (Å²) in [7, 11) is -3.63. The number of benzene rings is 2. The van der Waals surface area contributed by atoms with Crippen LogP contribution in [0.4, 0.5) is 5.69 Å². The first-order chi connectivity index (χ1) is 9.01. The van der Waals surface area contributed by atoms with Crippen molar-refractivity contribution >= 4 is 38.3 Å². The average molecular weight is 389 g/mol. The molecule has 2 aromatic carbocycles. The summed E-state index contributed by atoms with van der Waals surface area (Å²) in [6, 6.07) is 13.3. The number of aliphatic hydroxyl groups excluding tert-OH is 1. The third-order valence-corrected chi connectivity index (χ3v) is 4.52. The zero-order valence-electron chi connectivity index (χ0n) is 9.88. The Labute approximate surface area is 125 Å². The quantitative estimate of drug-likeness (QED) is 0.791. The van der Waals surface area contributed by atoms with E-state index in [4.69, 9.17) is 5.11 Å². The van der Waals surface area contributed by atoms with E-state index in [0.29, 0.717) is 11.3 Å². The Morgan fingerprint density at radius 3 is 2.53 bits per heavy atom. The van der Waals surface area contributed by atoms with E-state index in [0.717, 1.165) is 3.57 Å². The molecule has 0 atom stereocenters. The molecule has 6 heteroatoms. The third-order valence-electron chi connectivity index (χ3n) is 2.47. The Hall–Kier alpha value is -1.12. The number of hydrogen-bond donors (Lipinski definition) is 2.